The number of aromatic nitrogens is 1. The smallest absolute Gasteiger partial charge is 0.355 e. The van der Waals surface area contributed by atoms with E-state index in [9.17, 15) is 26.4 Å². The molecule has 11 heteroatoms. The monoisotopic (exact) mass is 504 g/mol. The van der Waals surface area contributed by atoms with Crippen molar-refractivity contribution in [2.75, 3.05) is 29.6 Å². The van der Waals surface area contributed by atoms with Gasteiger partial charge in [0.15, 0.2) is 0 Å². The molecule has 1 aliphatic heterocycles. The van der Waals surface area contributed by atoms with Gasteiger partial charge in [-0.05, 0) is 60.5 Å². The van der Waals surface area contributed by atoms with Gasteiger partial charge in [-0.3, -0.25) is 4.79 Å². The topological polar surface area (TPSA) is 91.4 Å². The van der Waals surface area contributed by atoms with Gasteiger partial charge in [0.2, 0.25) is 15.9 Å². The average Bonchev–Trinajstić information content (AvgIpc) is 3.24. The molecule has 2 N–H and O–H groups in total. The molecule has 35 heavy (non-hydrogen) atoms. The van der Waals surface area contributed by atoms with Gasteiger partial charge in [0.1, 0.15) is 5.82 Å². The average molecular weight is 505 g/mol. The number of rotatable bonds is 6. The Morgan fingerprint density at radius 1 is 1.11 bits per heavy atom. The first kappa shape index (κ1) is 24.7. The lowest BCUT2D eigenvalue weighted by Crippen LogP contribution is -2.36. The zero-order valence-electron chi connectivity index (χ0n) is 18.7. The van der Waals surface area contributed by atoms with Crippen molar-refractivity contribution in [2.24, 2.45) is 0 Å². The third kappa shape index (κ3) is 6.58. The van der Waals surface area contributed by atoms with Crippen molar-refractivity contribution >= 4 is 44.4 Å². The predicted octanol–water partition coefficient (Wildman–Crippen LogP) is 4.03. The van der Waals surface area contributed by atoms with E-state index in [1.54, 1.807) is 18.2 Å². The van der Waals surface area contributed by atoms with Crippen LogP contribution in [0.3, 0.4) is 0 Å². The first-order valence-corrected chi connectivity index (χ1v) is 12.6. The van der Waals surface area contributed by atoms with Crippen LogP contribution in [0, 0.1) is 0 Å². The number of benzene rings is 2. The maximum Gasteiger partial charge on any atom is 0.416 e. The van der Waals surface area contributed by atoms with Gasteiger partial charge in [0.25, 0.3) is 0 Å². The molecule has 1 aliphatic rings. The number of sulfonamides is 1. The molecule has 184 valence electrons. The second-order valence-corrected chi connectivity index (χ2v) is 10.1. The van der Waals surface area contributed by atoms with E-state index in [0.29, 0.717) is 30.8 Å². The van der Waals surface area contributed by atoms with Gasteiger partial charge in [-0.2, -0.15) is 13.2 Å². The normalized spacial score (nSPS) is 16.8. The van der Waals surface area contributed by atoms with Gasteiger partial charge < -0.3 is 10.2 Å². The Kier molecular flexibility index (Phi) is 6.82. The van der Waals surface area contributed by atoms with Crippen LogP contribution < -0.4 is 14.9 Å². The highest BCUT2D eigenvalue weighted by Gasteiger charge is 2.29. The van der Waals surface area contributed by atoms with Crippen LogP contribution in [0.25, 0.3) is 17.0 Å². The highest BCUT2D eigenvalue weighted by Crippen LogP contribution is 2.29. The summed E-state index contributed by atoms with van der Waals surface area (Å²) in [7, 11) is -3.27. The summed E-state index contributed by atoms with van der Waals surface area (Å²) in [6.45, 7) is 1.22. The minimum absolute atomic E-state index is 0.157. The molecule has 3 aromatic rings. The SMILES string of the molecule is CS(=O)(=O)NC1CCN(c2ccc3cc(NC(=O)/C=C/c4ccc(C(F)(F)F)cc4)ccc3n2)C1. The van der Waals surface area contributed by atoms with Crippen molar-refractivity contribution in [1.29, 1.82) is 0 Å². The first-order valence-electron chi connectivity index (χ1n) is 10.8. The lowest BCUT2D eigenvalue weighted by Gasteiger charge is -2.18. The van der Waals surface area contributed by atoms with E-state index >= 15 is 0 Å². The van der Waals surface area contributed by atoms with Crippen LogP contribution in [-0.2, 0) is 21.0 Å². The number of halogens is 3. The standard InChI is InChI=1S/C24H23F3N4O3S/c1-35(33,34)30-20-12-13-31(15-20)22-10-5-17-14-19(8-9-21(17)29-22)28-23(32)11-4-16-2-6-18(7-3-16)24(25,26)27/h2-11,14,20,30H,12-13,15H2,1H3,(H,28,32)/b11-4+. The molecule has 0 aliphatic carbocycles. The van der Waals surface area contributed by atoms with Crippen LogP contribution >= 0.6 is 0 Å². The molecule has 1 atom stereocenters. The maximum absolute atomic E-state index is 12.6. The summed E-state index contributed by atoms with van der Waals surface area (Å²) in [6, 6.07) is 13.3. The third-order valence-corrected chi connectivity index (χ3v) is 6.26. The van der Waals surface area contributed by atoms with Crippen molar-refractivity contribution in [3.05, 3.63) is 71.8 Å². The molecule has 2 heterocycles. The van der Waals surface area contributed by atoms with Crippen LogP contribution in [0.4, 0.5) is 24.7 Å². The van der Waals surface area contributed by atoms with E-state index in [4.69, 9.17) is 0 Å². The molecule has 2 aromatic carbocycles. The fourth-order valence-corrected chi connectivity index (χ4v) is 4.67. The Morgan fingerprint density at radius 3 is 2.54 bits per heavy atom. The first-order chi connectivity index (χ1) is 16.5. The van der Waals surface area contributed by atoms with Crippen molar-refractivity contribution in [1.82, 2.24) is 9.71 Å². The van der Waals surface area contributed by atoms with Gasteiger partial charge in [-0.25, -0.2) is 18.1 Å². The molecule has 0 radical (unpaired) electrons. The summed E-state index contributed by atoms with van der Waals surface area (Å²) in [5.41, 5.74) is 0.995. The predicted molar refractivity (Wildman–Crippen MR) is 129 cm³/mol. The quantitative estimate of drug-likeness (QED) is 0.495. The van der Waals surface area contributed by atoms with Gasteiger partial charge >= 0.3 is 6.18 Å². The fourth-order valence-electron chi connectivity index (χ4n) is 3.88. The molecule has 0 spiro atoms. The van der Waals surface area contributed by atoms with E-state index in [1.165, 1.54) is 24.3 Å². The fraction of sp³-hybridized carbons (Fsp3) is 0.250. The summed E-state index contributed by atoms with van der Waals surface area (Å²) in [5, 5.41) is 3.54. The molecular weight excluding hydrogens is 481 g/mol. The van der Waals surface area contributed by atoms with Gasteiger partial charge in [0.05, 0.1) is 17.3 Å². The summed E-state index contributed by atoms with van der Waals surface area (Å²) < 4.78 is 63.5. The lowest BCUT2D eigenvalue weighted by molar-refractivity contribution is -0.137. The number of nitrogens with one attached hydrogen (secondary N) is 2. The zero-order valence-corrected chi connectivity index (χ0v) is 19.5. The van der Waals surface area contributed by atoms with E-state index in [-0.39, 0.29) is 6.04 Å². The van der Waals surface area contributed by atoms with E-state index in [0.717, 1.165) is 35.1 Å². The molecule has 0 saturated carbocycles. The number of hydrogen-bond acceptors (Lipinski definition) is 5. The highest BCUT2D eigenvalue weighted by molar-refractivity contribution is 7.88. The lowest BCUT2D eigenvalue weighted by atomic mass is 10.1. The van der Waals surface area contributed by atoms with Crippen LogP contribution in [0.2, 0.25) is 0 Å². The number of nitrogens with zero attached hydrogens (tertiary/aromatic N) is 2. The molecule has 1 aromatic heterocycles. The molecule has 1 amide bonds. The number of hydrogen-bond donors (Lipinski definition) is 2. The van der Waals surface area contributed by atoms with Gasteiger partial charge in [-0.1, -0.05) is 12.1 Å². The van der Waals surface area contributed by atoms with E-state index in [2.05, 4.69) is 15.0 Å². The second-order valence-electron chi connectivity index (χ2n) is 8.34. The number of pyridine rings is 1. The van der Waals surface area contributed by atoms with Crippen molar-refractivity contribution in [3.63, 3.8) is 0 Å². The summed E-state index contributed by atoms with van der Waals surface area (Å²) in [6.07, 6.45) is 0.120. The number of carbonyl (C=O) groups excluding carboxylic acids is 1. The van der Waals surface area contributed by atoms with Crippen LogP contribution in [0.5, 0.6) is 0 Å². The molecule has 0 bridgehead atoms. The molecule has 7 nitrogen and oxygen atoms in total. The highest BCUT2D eigenvalue weighted by atomic mass is 32.2. The van der Waals surface area contributed by atoms with Crippen LogP contribution in [-0.4, -0.2) is 44.7 Å². The molecule has 4 rings (SSSR count). The largest absolute Gasteiger partial charge is 0.416 e. The minimum Gasteiger partial charge on any atom is -0.355 e. The number of anilines is 2. The van der Waals surface area contributed by atoms with Crippen molar-refractivity contribution in [3.8, 4) is 0 Å². The van der Waals surface area contributed by atoms with E-state index < -0.39 is 27.7 Å². The maximum atomic E-state index is 12.6. The zero-order chi connectivity index (χ0) is 25.2. The summed E-state index contributed by atoms with van der Waals surface area (Å²) in [5.74, 6) is 0.321. The van der Waals surface area contributed by atoms with Gasteiger partial charge in [0, 0.05) is 36.3 Å². The van der Waals surface area contributed by atoms with Gasteiger partial charge in [-0.15, -0.1) is 0 Å². The Balaban J connectivity index is 1.39. The molecule has 1 unspecified atom stereocenters. The van der Waals surface area contributed by atoms with E-state index in [1.807, 2.05) is 17.0 Å². The number of fused-ring (bicyclic) bond motifs is 1. The Morgan fingerprint density at radius 2 is 1.86 bits per heavy atom. The Bertz CT molecular complexity index is 1370. The van der Waals surface area contributed by atoms with Crippen molar-refractivity contribution in [2.45, 2.75) is 18.6 Å². The molecule has 1 fully saturated rings. The summed E-state index contributed by atoms with van der Waals surface area (Å²) in [4.78, 5) is 18.9. The molecular formula is C24H23F3N4O3S. The number of amides is 1. The van der Waals surface area contributed by atoms with Crippen LogP contribution in [0.1, 0.15) is 17.5 Å². The Labute approximate surface area is 200 Å². The van der Waals surface area contributed by atoms with Crippen LogP contribution in [0.15, 0.2) is 60.7 Å². The third-order valence-electron chi connectivity index (χ3n) is 5.50. The second kappa shape index (κ2) is 9.67. The molecule has 1 saturated heterocycles. The number of alkyl halides is 3. The number of carbonyl (C=O) groups is 1. The van der Waals surface area contributed by atoms with Crippen molar-refractivity contribution < 1.29 is 26.4 Å². The Hall–Kier alpha value is -3.44. The minimum atomic E-state index is -4.41. The summed E-state index contributed by atoms with van der Waals surface area (Å²) >= 11 is 0.